The van der Waals surface area contributed by atoms with Crippen LogP contribution in [0.4, 0.5) is 0 Å². The molecule has 5 nitrogen and oxygen atoms in total. The van der Waals surface area contributed by atoms with Crippen molar-refractivity contribution in [1.29, 1.82) is 0 Å². The van der Waals surface area contributed by atoms with Crippen molar-refractivity contribution in [3.8, 4) is 0 Å². The number of aliphatic hydroxyl groups is 1. The lowest BCUT2D eigenvalue weighted by atomic mass is 9.82. The van der Waals surface area contributed by atoms with Crippen molar-refractivity contribution in [3.63, 3.8) is 0 Å². The van der Waals surface area contributed by atoms with Gasteiger partial charge in [0.2, 0.25) is 5.91 Å². The second kappa shape index (κ2) is 7.38. The molecule has 0 bridgehead atoms. The predicted octanol–water partition coefficient (Wildman–Crippen LogP) is 0.799. The minimum atomic E-state index is -0.425. The number of carbonyl (C=O) groups excluding carboxylic acids is 1. The highest BCUT2D eigenvalue weighted by Crippen LogP contribution is 2.40. The molecule has 0 aromatic carbocycles. The van der Waals surface area contributed by atoms with Crippen LogP contribution in [-0.4, -0.2) is 43.4 Å². The van der Waals surface area contributed by atoms with Crippen LogP contribution in [0, 0.1) is 11.3 Å². The molecule has 2 rings (SSSR count). The van der Waals surface area contributed by atoms with Gasteiger partial charge in [0, 0.05) is 26.4 Å². The van der Waals surface area contributed by atoms with Crippen molar-refractivity contribution >= 4 is 5.91 Å². The molecule has 1 unspecified atom stereocenters. The van der Waals surface area contributed by atoms with E-state index in [4.69, 9.17) is 10.5 Å². The highest BCUT2D eigenvalue weighted by Gasteiger charge is 2.34. The lowest BCUT2D eigenvalue weighted by molar-refractivity contribution is -0.124. The molecule has 0 aromatic heterocycles. The third-order valence-electron chi connectivity index (χ3n) is 5.02. The maximum absolute atomic E-state index is 12.2. The molecule has 1 atom stereocenters. The van der Waals surface area contributed by atoms with Gasteiger partial charge in [-0.15, -0.1) is 0 Å². The van der Waals surface area contributed by atoms with Crippen molar-refractivity contribution in [3.05, 3.63) is 0 Å². The lowest BCUT2D eigenvalue weighted by Crippen LogP contribution is -2.49. The Morgan fingerprint density at radius 1 is 1.35 bits per heavy atom. The highest BCUT2D eigenvalue weighted by atomic mass is 16.5. The van der Waals surface area contributed by atoms with E-state index >= 15 is 0 Å². The van der Waals surface area contributed by atoms with Crippen LogP contribution in [-0.2, 0) is 9.53 Å². The van der Waals surface area contributed by atoms with E-state index in [1.807, 2.05) is 0 Å². The van der Waals surface area contributed by atoms with Crippen LogP contribution in [0.3, 0.4) is 0 Å². The second-order valence-electron chi connectivity index (χ2n) is 6.37. The number of amides is 1. The molecule has 0 spiro atoms. The van der Waals surface area contributed by atoms with Crippen LogP contribution >= 0.6 is 0 Å². The summed E-state index contributed by atoms with van der Waals surface area (Å²) in [5.74, 6) is 0.197. The summed E-state index contributed by atoms with van der Waals surface area (Å²) in [6.07, 6.45) is 7.11. The molecule has 20 heavy (non-hydrogen) atoms. The zero-order valence-corrected chi connectivity index (χ0v) is 12.3. The Morgan fingerprint density at radius 3 is 2.60 bits per heavy atom. The topological polar surface area (TPSA) is 84.6 Å². The lowest BCUT2D eigenvalue weighted by Gasteiger charge is -2.31. The van der Waals surface area contributed by atoms with Crippen LogP contribution in [0.1, 0.15) is 44.9 Å². The maximum Gasteiger partial charge on any atom is 0.237 e. The molecule has 5 heteroatoms. The van der Waals surface area contributed by atoms with E-state index in [0.29, 0.717) is 19.8 Å². The van der Waals surface area contributed by atoms with Gasteiger partial charge >= 0.3 is 0 Å². The van der Waals surface area contributed by atoms with Crippen LogP contribution in [0.5, 0.6) is 0 Å². The zero-order valence-electron chi connectivity index (χ0n) is 12.3. The van der Waals surface area contributed by atoms with Crippen molar-refractivity contribution in [1.82, 2.24) is 5.32 Å². The third-order valence-corrected chi connectivity index (χ3v) is 5.02. The zero-order chi connectivity index (χ0) is 14.4. The van der Waals surface area contributed by atoms with Gasteiger partial charge in [-0.05, 0) is 43.4 Å². The normalized spacial score (nSPS) is 24.5. The Bertz CT molecular complexity index is 310. The van der Waals surface area contributed by atoms with Crippen LogP contribution in [0.15, 0.2) is 0 Å². The molecule has 1 amide bonds. The van der Waals surface area contributed by atoms with Gasteiger partial charge in [0.05, 0.1) is 6.04 Å². The van der Waals surface area contributed by atoms with Crippen LogP contribution in [0.25, 0.3) is 0 Å². The first-order valence-corrected chi connectivity index (χ1v) is 7.89. The predicted molar refractivity (Wildman–Crippen MR) is 77.1 cm³/mol. The Balaban J connectivity index is 1.80. The summed E-state index contributed by atoms with van der Waals surface area (Å²) in [5, 5.41) is 12.3. The first-order chi connectivity index (χ1) is 9.67. The molecule has 0 aromatic rings. The quantitative estimate of drug-likeness (QED) is 0.673. The molecule has 2 fully saturated rings. The second-order valence-corrected chi connectivity index (χ2v) is 6.37. The van der Waals surface area contributed by atoms with E-state index < -0.39 is 6.04 Å². The molecular formula is C15H28N2O3. The minimum absolute atomic E-state index is 0.0406. The van der Waals surface area contributed by atoms with Crippen LogP contribution in [0.2, 0.25) is 0 Å². The Kier molecular flexibility index (Phi) is 5.81. The van der Waals surface area contributed by atoms with Crippen molar-refractivity contribution in [2.45, 2.75) is 51.0 Å². The Hall–Kier alpha value is -0.650. The van der Waals surface area contributed by atoms with E-state index in [9.17, 15) is 9.90 Å². The number of aliphatic hydroxyl groups excluding tert-OH is 1. The number of rotatable bonds is 6. The largest absolute Gasteiger partial charge is 0.396 e. The summed E-state index contributed by atoms with van der Waals surface area (Å²) >= 11 is 0. The first kappa shape index (κ1) is 15.7. The van der Waals surface area contributed by atoms with Crippen molar-refractivity contribution in [2.24, 2.45) is 17.1 Å². The summed E-state index contributed by atoms with van der Waals surface area (Å²) in [7, 11) is 0. The summed E-state index contributed by atoms with van der Waals surface area (Å²) in [6, 6.07) is -0.425. The van der Waals surface area contributed by atoms with Gasteiger partial charge in [0.1, 0.15) is 0 Å². The molecule has 1 aliphatic carbocycles. The average molecular weight is 284 g/mol. The molecule has 0 radical (unpaired) electrons. The van der Waals surface area contributed by atoms with Crippen LogP contribution < -0.4 is 11.1 Å². The molecule has 116 valence electrons. The van der Waals surface area contributed by atoms with Gasteiger partial charge in [-0.1, -0.05) is 12.8 Å². The maximum atomic E-state index is 12.2. The van der Waals surface area contributed by atoms with E-state index in [1.54, 1.807) is 0 Å². The summed E-state index contributed by atoms with van der Waals surface area (Å²) in [6.45, 7) is 2.27. The van der Waals surface area contributed by atoms with Gasteiger partial charge < -0.3 is 20.9 Å². The molecule has 1 heterocycles. The standard InChI is InChI=1S/C15H28N2O3/c16-13(12-3-9-20-10-4-12)14(19)17-11-15(7-8-18)5-1-2-6-15/h12-13,18H,1-11,16H2,(H,17,19). The Labute approximate surface area is 121 Å². The number of hydrogen-bond acceptors (Lipinski definition) is 4. The van der Waals surface area contributed by atoms with Gasteiger partial charge in [-0.2, -0.15) is 0 Å². The third kappa shape index (κ3) is 3.93. The van der Waals surface area contributed by atoms with Gasteiger partial charge in [-0.25, -0.2) is 0 Å². The fourth-order valence-corrected chi connectivity index (χ4v) is 3.56. The fraction of sp³-hybridized carbons (Fsp3) is 0.933. The number of ether oxygens (including phenoxy) is 1. The van der Waals surface area contributed by atoms with Crippen molar-refractivity contribution in [2.75, 3.05) is 26.4 Å². The minimum Gasteiger partial charge on any atom is -0.396 e. The first-order valence-electron chi connectivity index (χ1n) is 7.89. The number of carbonyl (C=O) groups is 1. The number of hydrogen-bond donors (Lipinski definition) is 3. The van der Waals surface area contributed by atoms with Gasteiger partial charge in [-0.3, -0.25) is 4.79 Å². The number of nitrogens with two attached hydrogens (primary N) is 1. The van der Waals surface area contributed by atoms with E-state index in [1.165, 1.54) is 12.8 Å². The summed E-state index contributed by atoms with van der Waals surface area (Å²) in [5.41, 5.74) is 6.17. The smallest absolute Gasteiger partial charge is 0.237 e. The molecule has 2 aliphatic rings. The molecule has 1 aliphatic heterocycles. The average Bonchev–Trinajstić information content (AvgIpc) is 2.94. The van der Waals surface area contributed by atoms with E-state index in [2.05, 4.69) is 5.32 Å². The fourth-order valence-electron chi connectivity index (χ4n) is 3.56. The molecule has 1 saturated heterocycles. The molecule has 1 saturated carbocycles. The molecule has 4 N–H and O–H groups in total. The van der Waals surface area contributed by atoms with E-state index in [0.717, 1.165) is 32.1 Å². The Morgan fingerprint density at radius 2 is 2.00 bits per heavy atom. The van der Waals surface area contributed by atoms with Gasteiger partial charge in [0.25, 0.3) is 0 Å². The summed E-state index contributed by atoms with van der Waals surface area (Å²) < 4.78 is 5.30. The monoisotopic (exact) mass is 284 g/mol. The summed E-state index contributed by atoms with van der Waals surface area (Å²) in [4.78, 5) is 12.2. The molecular weight excluding hydrogens is 256 g/mol. The highest BCUT2D eigenvalue weighted by molar-refractivity contribution is 5.81. The van der Waals surface area contributed by atoms with Gasteiger partial charge in [0.15, 0.2) is 0 Å². The SMILES string of the molecule is NC(C(=O)NCC1(CCO)CCCC1)C1CCOCC1. The van der Waals surface area contributed by atoms with Crippen molar-refractivity contribution < 1.29 is 14.6 Å². The van der Waals surface area contributed by atoms with E-state index in [-0.39, 0.29) is 23.8 Å². The number of nitrogens with one attached hydrogen (secondary N) is 1.